The molecule has 1 N–H and O–H groups in total. The molecule has 0 bridgehead atoms. The first-order chi connectivity index (χ1) is 9.39. The van der Waals surface area contributed by atoms with Crippen LogP contribution in [0.5, 0.6) is 0 Å². The van der Waals surface area contributed by atoms with Gasteiger partial charge in [-0.15, -0.1) is 0 Å². The lowest BCUT2D eigenvalue weighted by Crippen LogP contribution is -2.21. The Morgan fingerprint density at radius 1 is 1.30 bits per heavy atom. The number of imidazole rings is 1. The number of aryl methyl sites for hydroxylation is 1. The van der Waals surface area contributed by atoms with Gasteiger partial charge in [0.15, 0.2) is 0 Å². The Hall–Kier alpha value is -2.10. The number of aliphatic carboxylic acids is 1. The summed E-state index contributed by atoms with van der Waals surface area (Å²) in [6.45, 7) is 6.37. The summed E-state index contributed by atoms with van der Waals surface area (Å²) in [5.74, 6) is -0.774. The SMILES string of the molecule is CC(C)(C)n1cncc1-c1ccccc1CCC(=O)O. The fourth-order valence-corrected chi connectivity index (χ4v) is 2.26. The lowest BCUT2D eigenvalue weighted by molar-refractivity contribution is -0.136. The van der Waals surface area contributed by atoms with Crippen LogP contribution in [0.4, 0.5) is 0 Å². The van der Waals surface area contributed by atoms with Crippen molar-refractivity contribution < 1.29 is 9.90 Å². The first kappa shape index (κ1) is 14.3. The van der Waals surface area contributed by atoms with Gasteiger partial charge in [-0.25, -0.2) is 4.98 Å². The van der Waals surface area contributed by atoms with Crippen LogP contribution in [0.2, 0.25) is 0 Å². The van der Waals surface area contributed by atoms with E-state index in [0.29, 0.717) is 6.42 Å². The fourth-order valence-electron chi connectivity index (χ4n) is 2.26. The minimum atomic E-state index is -0.774. The molecule has 20 heavy (non-hydrogen) atoms. The number of carbonyl (C=O) groups is 1. The molecular weight excluding hydrogens is 252 g/mol. The summed E-state index contributed by atoms with van der Waals surface area (Å²) in [6, 6.07) is 7.92. The van der Waals surface area contributed by atoms with Gasteiger partial charge in [0, 0.05) is 17.5 Å². The predicted octanol–water partition coefficient (Wildman–Crippen LogP) is 3.32. The van der Waals surface area contributed by atoms with Crippen LogP contribution in [0.1, 0.15) is 32.8 Å². The molecule has 106 valence electrons. The molecule has 0 aliphatic rings. The molecule has 0 amide bonds. The summed E-state index contributed by atoms with van der Waals surface area (Å²) in [6.07, 6.45) is 4.33. The lowest BCUT2D eigenvalue weighted by Gasteiger charge is -2.24. The topological polar surface area (TPSA) is 55.1 Å². The summed E-state index contributed by atoms with van der Waals surface area (Å²) < 4.78 is 2.12. The van der Waals surface area contributed by atoms with Crippen LogP contribution in [0.25, 0.3) is 11.3 Å². The number of benzene rings is 1. The van der Waals surface area contributed by atoms with Crippen LogP contribution in [0.3, 0.4) is 0 Å². The van der Waals surface area contributed by atoms with E-state index in [0.717, 1.165) is 16.8 Å². The summed E-state index contributed by atoms with van der Waals surface area (Å²) in [5.41, 5.74) is 3.06. The van der Waals surface area contributed by atoms with Gasteiger partial charge >= 0.3 is 5.97 Å². The zero-order valence-corrected chi connectivity index (χ0v) is 12.1. The van der Waals surface area contributed by atoms with Crippen molar-refractivity contribution in [1.29, 1.82) is 0 Å². The van der Waals surface area contributed by atoms with Gasteiger partial charge in [0.25, 0.3) is 0 Å². The maximum atomic E-state index is 10.8. The van der Waals surface area contributed by atoms with Crippen molar-refractivity contribution in [2.24, 2.45) is 0 Å². The van der Waals surface area contributed by atoms with Gasteiger partial charge in [-0.1, -0.05) is 24.3 Å². The molecule has 1 aromatic carbocycles. The fraction of sp³-hybridized carbons (Fsp3) is 0.375. The number of nitrogens with zero attached hydrogens (tertiary/aromatic N) is 2. The Kier molecular flexibility index (Phi) is 3.93. The Balaban J connectivity index is 2.43. The Morgan fingerprint density at radius 3 is 2.65 bits per heavy atom. The number of carboxylic acid groups (broad SMARTS) is 1. The van der Waals surface area contributed by atoms with Crippen LogP contribution in [-0.2, 0) is 16.8 Å². The van der Waals surface area contributed by atoms with Gasteiger partial charge in [-0.05, 0) is 32.8 Å². The summed E-state index contributed by atoms with van der Waals surface area (Å²) in [4.78, 5) is 15.0. The van der Waals surface area contributed by atoms with Crippen molar-refractivity contribution in [2.75, 3.05) is 0 Å². The standard InChI is InChI=1S/C16H20N2O2/c1-16(2,3)18-11-17-10-14(18)13-7-5-4-6-12(13)8-9-15(19)20/h4-7,10-11H,8-9H2,1-3H3,(H,19,20). The highest BCUT2D eigenvalue weighted by Gasteiger charge is 2.18. The first-order valence-corrected chi connectivity index (χ1v) is 6.72. The van der Waals surface area contributed by atoms with Gasteiger partial charge in [0.1, 0.15) is 0 Å². The third-order valence-electron chi connectivity index (χ3n) is 3.26. The number of carboxylic acids is 1. The molecule has 0 unspecified atom stereocenters. The third kappa shape index (κ3) is 3.07. The van der Waals surface area contributed by atoms with E-state index in [1.54, 1.807) is 0 Å². The van der Waals surface area contributed by atoms with Gasteiger partial charge in [-0.3, -0.25) is 4.79 Å². The Labute approximate surface area is 119 Å². The van der Waals surface area contributed by atoms with E-state index >= 15 is 0 Å². The molecule has 4 heteroatoms. The van der Waals surface area contributed by atoms with E-state index in [2.05, 4.69) is 30.3 Å². The molecule has 0 spiro atoms. The highest BCUT2D eigenvalue weighted by molar-refractivity contribution is 5.69. The summed E-state index contributed by atoms with van der Waals surface area (Å²) in [5, 5.41) is 8.86. The maximum absolute atomic E-state index is 10.8. The average Bonchev–Trinajstić information content (AvgIpc) is 2.85. The van der Waals surface area contributed by atoms with Crippen molar-refractivity contribution >= 4 is 5.97 Å². The molecule has 4 nitrogen and oxygen atoms in total. The van der Waals surface area contributed by atoms with Crippen molar-refractivity contribution in [3.8, 4) is 11.3 Å². The van der Waals surface area contributed by atoms with Crippen LogP contribution in [-0.4, -0.2) is 20.6 Å². The number of aromatic nitrogens is 2. The van der Waals surface area contributed by atoms with E-state index in [9.17, 15) is 4.79 Å². The largest absolute Gasteiger partial charge is 0.481 e. The predicted molar refractivity (Wildman–Crippen MR) is 78.6 cm³/mol. The minimum absolute atomic E-state index is 0.0637. The summed E-state index contributed by atoms with van der Waals surface area (Å²) in [7, 11) is 0. The van der Waals surface area contributed by atoms with E-state index in [1.807, 2.05) is 36.8 Å². The third-order valence-corrected chi connectivity index (χ3v) is 3.26. The second-order valence-electron chi connectivity index (χ2n) is 5.87. The second kappa shape index (κ2) is 5.49. The monoisotopic (exact) mass is 272 g/mol. The van der Waals surface area contributed by atoms with E-state index in [4.69, 9.17) is 5.11 Å². The van der Waals surface area contributed by atoms with E-state index in [1.165, 1.54) is 0 Å². The molecule has 0 aliphatic carbocycles. The normalized spacial score (nSPS) is 11.6. The average molecular weight is 272 g/mol. The molecule has 1 aromatic heterocycles. The highest BCUT2D eigenvalue weighted by Crippen LogP contribution is 2.28. The highest BCUT2D eigenvalue weighted by atomic mass is 16.4. The Bertz CT molecular complexity index is 609. The second-order valence-corrected chi connectivity index (χ2v) is 5.87. The van der Waals surface area contributed by atoms with Gasteiger partial charge in [0.05, 0.1) is 18.2 Å². The Morgan fingerprint density at radius 2 is 2.00 bits per heavy atom. The number of rotatable bonds is 4. The van der Waals surface area contributed by atoms with Crippen molar-refractivity contribution in [1.82, 2.24) is 9.55 Å². The molecule has 0 saturated heterocycles. The lowest BCUT2D eigenvalue weighted by atomic mass is 9.99. The van der Waals surface area contributed by atoms with Crippen LogP contribution in [0, 0.1) is 0 Å². The smallest absolute Gasteiger partial charge is 0.303 e. The molecule has 0 fully saturated rings. The molecule has 0 saturated carbocycles. The zero-order chi connectivity index (χ0) is 14.8. The van der Waals surface area contributed by atoms with Crippen LogP contribution in [0.15, 0.2) is 36.8 Å². The van der Waals surface area contributed by atoms with Crippen molar-refractivity contribution in [3.63, 3.8) is 0 Å². The molecule has 2 rings (SSSR count). The molecule has 1 heterocycles. The van der Waals surface area contributed by atoms with E-state index < -0.39 is 5.97 Å². The molecule has 0 atom stereocenters. The van der Waals surface area contributed by atoms with Gasteiger partial charge < -0.3 is 9.67 Å². The van der Waals surface area contributed by atoms with Gasteiger partial charge in [-0.2, -0.15) is 0 Å². The maximum Gasteiger partial charge on any atom is 0.303 e. The first-order valence-electron chi connectivity index (χ1n) is 6.72. The zero-order valence-electron chi connectivity index (χ0n) is 12.1. The number of hydrogen-bond donors (Lipinski definition) is 1. The quantitative estimate of drug-likeness (QED) is 0.928. The molecular formula is C16H20N2O2. The molecule has 0 aliphatic heterocycles. The molecule has 2 aromatic rings. The number of hydrogen-bond acceptors (Lipinski definition) is 2. The van der Waals surface area contributed by atoms with Crippen LogP contribution >= 0.6 is 0 Å². The molecule has 0 radical (unpaired) electrons. The van der Waals surface area contributed by atoms with Crippen LogP contribution < -0.4 is 0 Å². The van der Waals surface area contributed by atoms with E-state index in [-0.39, 0.29) is 12.0 Å². The van der Waals surface area contributed by atoms with Crippen molar-refractivity contribution in [2.45, 2.75) is 39.2 Å². The summed E-state index contributed by atoms with van der Waals surface area (Å²) >= 11 is 0. The minimum Gasteiger partial charge on any atom is -0.481 e. The van der Waals surface area contributed by atoms with Crippen molar-refractivity contribution in [3.05, 3.63) is 42.4 Å². The van der Waals surface area contributed by atoms with Gasteiger partial charge in [0.2, 0.25) is 0 Å².